The zero-order valence-electron chi connectivity index (χ0n) is 10.5. The maximum atomic E-state index is 10.9. The minimum Gasteiger partial charge on any atom is -0.368 e. The summed E-state index contributed by atoms with van der Waals surface area (Å²) in [5, 5.41) is 0. The lowest BCUT2D eigenvalue weighted by Gasteiger charge is -2.11. The molecule has 0 unspecified atom stereocenters. The van der Waals surface area contributed by atoms with E-state index in [2.05, 4.69) is 15.0 Å². The predicted molar refractivity (Wildman–Crippen MR) is 72.6 cm³/mol. The normalized spacial score (nSPS) is 17.9. The van der Waals surface area contributed by atoms with Crippen LogP contribution in [0.2, 0.25) is 0 Å². The lowest BCUT2D eigenvalue weighted by molar-refractivity contribution is 0.385. The van der Waals surface area contributed by atoms with Gasteiger partial charge in [0, 0.05) is 17.8 Å². The van der Waals surface area contributed by atoms with Gasteiger partial charge in [-0.2, -0.15) is 4.98 Å². The highest BCUT2D eigenvalue weighted by Gasteiger charge is 2.41. The van der Waals surface area contributed by atoms with Crippen molar-refractivity contribution < 1.29 is 14.4 Å². The van der Waals surface area contributed by atoms with Gasteiger partial charge in [0.2, 0.25) is 5.95 Å². The lowest BCUT2D eigenvalue weighted by Crippen LogP contribution is -2.09. The van der Waals surface area contributed by atoms with E-state index < -0.39 is 7.60 Å². The molecule has 1 aliphatic carbocycles. The first-order valence-corrected chi connectivity index (χ1v) is 7.74. The van der Waals surface area contributed by atoms with Gasteiger partial charge in [-0.3, -0.25) is 4.57 Å². The van der Waals surface area contributed by atoms with Crippen LogP contribution in [0, 0.1) is 5.41 Å². The maximum Gasteiger partial charge on any atom is 0.348 e. The Morgan fingerprint density at radius 2 is 2.20 bits per heavy atom. The summed E-state index contributed by atoms with van der Waals surface area (Å²) in [6.45, 7) is 0.566. The summed E-state index contributed by atoms with van der Waals surface area (Å²) in [5.74, 6) is 1.15. The van der Waals surface area contributed by atoms with E-state index in [4.69, 9.17) is 15.5 Å². The van der Waals surface area contributed by atoms with Gasteiger partial charge in [-0.05, 0) is 12.8 Å². The molecule has 3 rings (SSSR count). The number of imidazole rings is 1. The molecule has 0 amide bonds. The third-order valence-corrected chi connectivity index (χ3v) is 3.91. The number of hydrogen-bond donors (Lipinski definition) is 3. The van der Waals surface area contributed by atoms with E-state index in [1.54, 1.807) is 18.6 Å². The fraction of sp³-hybridized carbons (Fsp3) is 0.364. The Morgan fingerprint density at radius 3 is 2.85 bits per heavy atom. The van der Waals surface area contributed by atoms with Crippen LogP contribution in [0.4, 0.5) is 5.95 Å². The first kappa shape index (κ1) is 13.2. The molecule has 0 aromatic carbocycles. The quantitative estimate of drug-likeness (QED) is 0.714. The number of rotatable bonds is 4. The van der Waals surface area contributed by atoms with E-state index in [1.165, 1.54) is 0 Å². The van der Waals surface area contributed by atoms with Crippen molar-refractivity contribution in [2.75, 3.05) is 5.73 Å². The summed E-state index contributed by atoms with van der Waals surface area (Å²) in [5.41, 5.74) is 6.62. The maximum absolute atomic E-state index is 10.9. The van der Waals surface area contributed by atoms with Gasteiger partial charge in [-0.25, -0.2) is 9.97 Å². The van der Waals surface area contributed by atoms with Gasteiger partial charge in [0.25, 0.3) is 0 Å². The van der Waals surface area contributed by atoms with Crippen molar-refractivity contribution in [2.24, 2.45) is 5.41 Å². The Bertz CT molecular complexity index is 731. The SMILES string of the molecule is Nc1ncc2ncn(CC3(C=CP(=O)(O)O)CC3)c2n1. The number of aromatic nitrogens is 4. The highest BCUT2D eigenvalue weighted by atomic mass is 31.2. The average molecular weight is 295 g/mol. The Labute approximate surface area is 114 Å². The Hall–Kier alpha value is -1.76. The summed E-state index contributed by atoms with van der Waals surface area (Å²) < 4.78 is 12.8. The van der Waals surface area contributed by atoms with Gasteiger partial charge < -0.3 is 20.1 Å². The highest BCUT2D eigenvalue weighted by molar-refractivity contribution is 7.55. The average Bonchev–Trinajstić information content (AvgIpc) is 3.03. The molecule has 9 heteroatoms. The Morgan fingerprint density at radius 1 is 1.45 bits per heavy atom. The summed E-state index contributed by atoms with van der Waals surface area (Å²) >= 11 is 0. The third kappa shape index (κ3) is 2.72. The molecule has 8 nitrogen and oxygen atoms in total. The van der Waals surface area contributed by atoms with Crippen molar-refractivity contribution >= 4 is 24.7 Å². The number of nitrogens with two attached hydrogens (primary N) is 1. The molecular weight excluding hydrogens is 281 g/mol. The van der Waals surface area contributed by atoms with Gasteiger partial charge in [-0.1, -0.05) is 6.08 Å². The minimum atomic E-state index is -4.12. The molecule has 0 saturated heterocycles. The van der Waals surface area contributed by atoms with Crippen LogP contribution < -0.4 is 5.73 Å². The Kier molecular flexibility index (Phi) is 2.89. The number of fused-ring (bicyclic) bond motifs is 1. The fourth-order valence-electron chi connectivity index (χ4n) is 2.12. The second kappa shape index (κ2) is 4.37. The molecule has 4 N–H and O–H groups in total. The monoisotopic (exact) mass is 295 g/mol. The van der Waals surface area contributed by atoms with E-state index in [9.17, 15) is 4.57 Å². The number of hydrogen-bond acceptors (Lipinski definition) is 5. The van der Waals surface area contributed by atoms with Crippen molar-refractivity contribution in [1.29, 1.82) is 0 Å². The standard InChI is InChI=1S/C11H14N5O3P/c12-10-13-5-8-9(15-10)16(7-14-8)6-11(1-2-11)3-4-20(17,18)19/h3-5,7H,1-2,6H2,(H2,12,13,15)(H2,17,18,19). The van der Waals surface area contributed by atoms with Crippen molar-refractivity contribution in [3.05, 3.63) is 24.4 Å². The van der Waals surface area contributed by atoms with Crippen molar-refractivity contribution in [3.63, 3.8) is 0 Å². The van der Waals surface area contributed by atoms with Crippen LogP contribution in [0.15, 0.2) is 24.4 Å². The number of anilines is 1. The Balaban J connectivity index is 1.88. The van der Waals surface area contributed by atoms with Crippen LogP contribution in [0.25, 0.3) is 11.2 Å². The van der Waals surface area contributed by atoms with E-state index in [1.807, 2.05) is 4.57 Å². The smallest absolute Gasteiger partial charge is 0.348 e. The summed E-state index contributed by atoms with van der Waals surface area (Å²) in [4.78, 5) is 30.0. The fourth-order valence-corrected chi connectivity index (χ4v) is 2.63. The third-order valence-electron chi connectivity index (χ3n) is 3.38. The zero-order valence-corrected chi connectivity index (χ0v) is 11.4. The molecule has 1 saturated carbocycles. The van der Waals surface area contributed by atoms with Crippen LogP contribution in [-0.4, -0.2) is 29.3 Å². The molecular formula is C11H14N5O3P. The molecule has 0 bridgehead atoms. The van der Waals surface area contributed by atoms with Crippen LogP contribution in [0.1, 0.15) is 12.8 Å². The van der Waals surface area contributed by atoms with Crippen LogP contribution in [-0.2, 0) is 11.1 Å². The van der Waals surface area contributed by atoms with Crippen molar-refractivity contribution in [2.45, 2.75) is 19.4 Å². The van der Waals surface area contributed by atoms with Crippen LogP contribution in [0.3, 0.4) is 0 Å². The van der Waals surface area contributed by atoms with Gasteiger partial charge in [0.1, 0.15) is 5.52 Å². The molecule has 1 fully saturated rings. The van der Waals surface area contributed by atoms with Gasteiger partial charge in [0.05, 0.1) is 12.5 Å². The molecule has 2 aromatic heterocycles. The van der Waals surface area contributed by atoms with Gasteiger partial charge in [-0.15, -0.1) is 0 Å². The highest BCUT2D eigenvalue weighted by Crippen LogP contribution is 2.51. The molecule has 2 aromatic rings. The second-order valence-corrected chi connectivity index (χ2v) is 6.55. The van der Waals surface area contributed by atoms with E-state index in [-0.39, 0.29) is 11.4 Å². The number of nitrogens with zero attached hydrogens (tertiary/aromatic N) is 4. The first-order chi connectivity index (χ1) is 9.37. The summed E-state index contributed by atoms with van der Waals surface area (Å²) in [6, 6.07) is 0. The molecule has 0 spiro atoms. The van der Waals surface area contributed by atoms with E-state index in [0.29, 0.717) is 17.7 Å². The van der Waals surface area contributed by atoms with Crippen molar-refractivity contribution in [1.82, 2.24) is 19.5 Å². The first-order valence-electron chi connectivity index (χ1n) is 6.06. The molecule has 20 heavy (non-hydrogen) atoms. The number of allylic oxidation sites excluding steroid dienone is 1. The topological polar surface area (TPSA) is 127 Å². The predicted octanol–water partition coefficient (Wildman–Crippen LogP) is 0.880. The van der Waals surface area contributed by atoms with Crippen molar-refractivity contribution in [3.8, 4) is 0 Å². The number of nitrogen functional groups attached to an aromatic ring is 1. The van der Waals surface area contributed by atoms with Gasteiger partial charge >= 0.3 is 7.60 Å². The van der Waals surface area contributed by atoms with E-state index >= 15 is 0 Å². The second-order valence-electron chi connectivity index (χ2n) is 5.08. The molecule has 0 atom stereocenters. The van der Waals surface area contributed by atoms with Crippen LogP contribution >= 0.6 is 7.60 Å². The van der Waals surface area contributed by atoms with Gasteiger partial charge in [0.15, 0.2) is 5.65 Å². The van der Waals surface area contributed by atoms with Crippen LogP contribution in [0.5, 0.6) is 0 Å². The zero-order chi connectivity index (χ0) is 14.4. The minimum absolute atomic E-state index is 0.176. The van der Waals surface area contributed by atoms with E-state index in [0.717, 1.165) is 18.7 Å². The molecule has 0 radical (unpaired) electrons. The summed E-state index contributed by atoms with van der Waals surface area (Å²) in [7, 11) is -4.12. The lowest BCUT2D eigenvalue weighted by atomic mass is 10.1. The largest absolute Gasteiger partial charge is 0.368 e. The summed E-state index contributed by atoms with van der Waals surface area (Å²) in [6.07, 6.45) is 6.56. The molecule has 0 aliphatic heterocycles. The molecule has 106 valence electrons. The molecule has 2 heterocycles. The molecule has 1 aliphatic rings.